The molecule has 0 spiro atoms. The van der Waals surface area contributed by atoms with Crippen molar-refractivity contribution in [2.75, 3.05) is 5.32 Å². The molecule has 20 heavy (non-hydrogen) atoms. The van der Waals surface area contributed by atoms with E-state index >= 15 is 0 Å². The minimum atomic E-state index is -1.24. The van der Waals surface area contributed by atoms with Gasteiger partial charge in [-0.05, 0) is 31.5 Å². The van der Waals surface area contributed by atoms with Crippen LogP contribution >= 0.6 is 11.6 Å². The average Bonchev–Trinajstić information content (AvgIpc) is 2.42. The summed E-state index contributed by atoms with van der Waals surface area (Å²) in [6.45, 7) is 3.59. The zero-order chi connectivity index (χ0) is 14.8. The van der Waals surface area contributed by atoms with Gasteiger partial charge in [0.15, 0.2) is 5.54 Å². The molecule has 104 valence electrons. The second-order valence-electron chi connectivity index (χ2n) is 4.90. The third-order valence-electron chi connectivity index (χ3n) is 3.32. The number of hydrogen-bond acceptors (Lipinski definition) is 2. The first-order chi connectivity index (χ1) is 9.43. The third-order valence-corrected chi connectivity index (χ3v) is 3.64. The summed E-state index contributed by atoms with van der Waals surface area (Å²) in [5, 5.41) is 13.1. The molecule has 4 heteroatoms. The summed E-state index contributed by atoms with van der Waals surface area (Å²) < 4.78 is 0. The number of nitrogens with one attached hydrogen (secondary N) is 1. The quantitative estimate of drug-likeness (QED) is 0.892. The standard InChI is InChI=1S/C16H16ClNO2/c1-11-7-9-12(10-8-11)16(2,15(19)20)18-14-6-4-3-5-13(14)17/h3-10,18H,1-2H3,(H,19,20). The molecule has 0 aliphatic carbocycles. The summed E-state index contributed by atoms with van der Waals surface area (Å²) in [7, 11) is 0. The monoisotopic (exact) mass is 289 g/mol. The minimum absolute atomic E-state index is 0.493. The van der Waals surface area contributed by atoms with Gasteiger partial charge in [-0.3, -0.25) is 0 Å². The molecule has 2 aromatic rings. The molecule has 0 fully saturated rings. The molecular weight excluding hydrogens is 274 g/mol. The van der Waals surface area contributed by atoms with Crippen LogP contribution in [0.5, 0.6) is 0 Å². The van der Waals surface area contributed by atoms with Crippen LogP contribution in [0.15, 0.2) is 48.5 Å². The Morgan fingerprint density at radius 1 is 1.15 bits per heavy atom. The van der Waals surface area contributed by atoms with E-state index in [-0.39, 0.29) is 0 Å². The first-order valence-corrected chi connectivity index (χ1v) is 6.64. The summed E-state index contributed by atoms with van der Waals surface area (Å²) >= 11 is 6.09. The van der Waals surface area contributed by atoms with Crippen LogP contribution in [-0.4, -0.2) is 11.1 Å². The average molecular weight is 290 g/mol. The molecule has 0 aromatic heterocycles. The smallest absolute Gasteiger partial charge is 0.333 e. The van der Waals surface area contributed by atoms with Gasteiger partial charge in [0.2, 0.25) is 0 Å². The van der Waals surface area contributed by atoms with Gasteiger partial charge in [0.1, 0.15) is 0 Å². The van der Waals surface area contributed by atoms with E-state index in [0.717, 1.165) is 5.56 Å². The molecule has 0 radical (unpaired) electrons. The Kier molecular flexibility index (Phi) is 4.00. The minimum Gasteiger partial charge on any atom is -0.479 e. The molecule has 3 nitrogen and oxygen atoms in total. The van der Waals surface area contributed by atoms with Crippen molar-refractivity contribution in [2.24, 2.45) is 0 Å². The normalized spacial score (nSPS) is 13.6. The van der Waals surface area contributed by atoms with E-state index in [0.29, 0.717) is 16.3 Å². The van der Waals surface area contributed by atoms with Crippen molar-refractivity contribution >= 4 is 23.3 Å². The van der Waals surface area contributed by atoms with Crippen LogP contribution in [0.25, 0.3) is 0 Å². The molecule has 2 N–H and O–H groups in total. The van der Waals surface area contributed by atoms with Crippen LogP contribution in [-0.2, 0) is 10.3 Å². The number of hydrogen-bond donors (Lipinski definition) is 2. The maximum absolute atomic E-state index is 11.7. The number of halogens is 1. The van der Waals surface area contributed by atoms with Crippen LogP contribution in [0, 0.1) is 6.92 Å². The van der Waals surface area contributed by atoms with Crippen LogP contribution in [0.1, 0.15) is 18.1 Å². The number of carboxylic acids is 1. The molecule has 0 saturated carbocycles. The molecule has 0 heterocycles. The van der Waals surface area contributed by atoms with Crippen molar-refractivity contribution in [1.29, 1.82) is 0 Å². The molecule has 0 bridgehead atoms. The number of anilines is 1. The van der Waals surface area contributed by atoms with Gasteiger partial charge < -0.3 is 10.4 Å². The largest absolute Gasteiger partial charge is 0.479 e. The second-order valence-corrected chi connectivity index (χ2v) is 5.31. The molecule has 2 aromatic carbocycles. The Balaban J connectivity index is 2.43. The molecule has 2 rings (SSSR count). The fraction of sp³-hybridized carbons (Fsp3) is 0.188. The zero-order valence-corrected chi connectivity index (χ0v) is 12.1. The van der Waals surface area contributed by atoms with Gasteiger partial charge in [-0.2, -0.15) is 0 Å². The lowest BCUT2D eigenvalue weighted by Gasteiger charge is -2.28. The lowest BCUT2D eigenvalue weighted by Crippen LogP contribution is -2.40. The Hall–Kier alpha value is -2.00. The first-order valence-electron chi connectivity index (χ1n) is 6.27. The van der Waals surface area contributed by atoms with Crippen molar-refractivity contribution in [1.82, 2.24) is 0 Å². The van der Waals surface area contributed by atoms with Crippen molar-refractivity contribution < 1.29 is 9.90 Å². The van der Waals surface area contributed by atoms with E-state index in [1.165, 1.54) is 0 Å². The lowest BCUT2D eigenvalue weighted by atomic mass is 9.91. The van der Waals surface area contributed by atoms with Crippen molar-refractivity contribution in [3.05, 3.63) is 64.7 Å². The fourth-order valence-corrected chi connectivity index (χ4v) is 2.15. The predicted octanol–water partition coefficient (Wildman–Crippen LogP) is 4.06. The third kappa shape index (κ3) is 2.78. The molecule has 0 aliphatic heterocycles. The van der Waals surface area contributed by atoms with E-state index < -0.39 is 11.5 Å². The zero-order valence-electron chi connectivity index (χ0n) is 11.4. The molecule has 0 saturated heterocycles. The summed E-state index contributed by atoms with van der Waals surface area (Å²) in [5.41, 5.74) is 1.12. The Bertz CT molecular complexity index is 625. The van der Waals surface area contributed by atoms with Crippen molar-refractivity contribution in [3.8, 4) is 0 Å². The van der Waals surface area contributed by atoms with Crippen LogP contribution in [0.3, 0.4) is 0 Å². The summed E-state index contributed by atoms with van der Waals surface area (Å²) in [4.78, 5) is 11.7. The predicted molar refractivity (Wildman–Crippen MR) is 81.2 cm³/mol. The van der Waals surface area contributed by atoms with E-state index in [1.807, 2.05) is 37.3 Å². The van der Waals surface area contributed by atoms with Gasteiger partial charge >= 0.3 is 5.97 Å². The Labute approximate surface area is 123 Å². The van der Waals surface area contributed by atoms with E-state index in [1.54, 1.807) is 25.1 Å². The highest BCUT2D eigenvalue weighted by molar-refractivity contribution is 6.33. The molecule has 1 atom stereocenters. The highest BCUT2D eigenvalue weighted by Gasteiger charge is 2.35. The van der Waals surface area contributed by atoms with Crippen LogP contribution in [0.4, 0.5) is 5.69 Å². The van der Waals surface area contributed by atoms with E-state index in [9.17, 15) is 9.90 Å². The van der Waals surface area contributed by atoms with Crippen LogP contribution < -0.4 is 5.32 Å². The number of rotatable bonds is 4. The lowest BCUT2D eigenvalue weighted by molar-refractivity contribution is -0.142. The summed E-state index contributed by atoms with van der Waals surface area (Å²) in [6, 6.07) is 14.5. The molecule has 0 aliphatic rings. The SMILES string of the molecule is Cc1ccc(C(C)(Nc2ccccc2Cl)C(=O)O)cc1. The highest BCUT2D eigenvalue weighted by atomic mass is 35.5. The van der Waals surface area contributed by atoms with E-state index in [4.69, 9.17) is 11.6 Å². The maximum atomic E-state index is 11.7. The topological polar surface area (TPSA) is 49.3 Å². The molecule has 0 amide bonds. The highest BCUT2D eigenvalue weighted by Crippen LogP contribution is 2.30. The summed E-state index contributed by atoms with van der Waals surface area (Å²) in [5.74, 6) is -0.957. The van der Waals surface area contributed by atoms with Gasteiger partial charge in [0.05, 0.1) is 10.7 Å². The number of aliphatic carboxylic acids is 1. The second kappa shape index (κ2) is 5.55. The summed E-state index contributed by atoms with van der Waals surface area (Å²) in [6.07, 6.45) is 0. The number of aryl methyl sites for hydroxylation is 1. The number of carboxylic acid groups (broad SMARTS) is 1. The van der Waals surface area contributed by atoms with Crippen molar-refractivity contribution in [2.45, 2.75) is 19.4 Å². The number of benzene rings is 2. The van der Waals surface area contributed by atoms with Crippen LogP contribution in [0.2, 0.25) is 5.02 Å². The Morgan fingerprint density at radius 3 is 2.30 bits per heavy atom. The maximum Gasteiger partial charge on any atom is 0.333 e. The first kappa shape index (κ1) is 14.4. The fourth-order valence-electron chi connectivity index (χ4n) is 1.97. The number of para-hydroxylation sites is 1. The van der Waals surface area contributed by atoms with Gasteiger partial charge in [-0.15, -0.1) is 0 Å². The number of carbonyl (C=O) groups is 1. The van der Waals surface area contributed by atoms with Gasteiger partial charge in [0.25, 0.3) is 0 Å². The Morgan fingerprint density at radius 2 is 1.75 bits per heavy atom. The van der Waals surface area contributed by atoms with Gasteiger partial charge in [0, 0.05) is 0 Å². The van der Waals surface area contributed by atoms with E-state index in [2.05, 4.69) is 5.32 Å². The van der Waals surface area contributed by atoms with Crippen molar-refractivity contribution in [3.63, 3.8) is 0 Å². The van der Waals surface area contributed by atoms with Gasteiger partial charge in [-0.25, -0.2) is 4.79 Å². The molecule has 1 unspecified atom stereocenters. The molecular formula is C16H16ClNO2. The van der Waals surface area contributed by atoms with Gasteiger partial charge in [-0.1, -0.05) is 53.6 Å².